The van der Waals surface area contributed by atoms with E-state index in [1.54, 1.807) is 13.8 Å². The predicted octanol–water partition coefficient (Wildman–Crippen LogP) is 1.83. The van der Waals surface area contributed by atoms with Crippen LogP contribution in [0.25, 0.3) is 0 Å². The summed E-state index contributed by atoms with van der Waals surface area (Å²) in [4.78, 5) is 22.6. The van der Waals surface area contributed by atoms with Gasteiger partial charge in [0.25, 0.3) is 0 Å². The van der Waals surface area contributed by atoms with Crippen LogP contribution in [0.3, 0.4) is 0 Å². The number of carboxylic acids is 1. The third-order valence-corrected chi connectivity index (χ3v) is 4.57. The van der Waals surface area contributed by atoms with Crippen LogP contribution < -0.4 is 10.6 Å². The molecule has 0 aromatic rings. The molecule has 5 heteroatoms. The molecule has 0 spiro atoms. The summed E-state index contributed by atoms with van der Waals surface area (Å²) < 4.78 is 0. The van der Waals surface area contributed by atoms with Crippen molar-refractivity contribution in [3.63, 3.8) is 0 Å². The molecule has 1 rings (SSSR count). The van der Waals surface area contributed by atoms with Gasteiger partial charge in [0.1, 0.15) is 0 Å². The van der Waals surface area contributed by atoms with E-state index in [1.807, 2.05) is 0 Å². The molecule has 1 aliphatic rings. The minimum Gasteiger partial charge on any atom is -0.481 e. The van der Waals surface area contributed by atoms with Crippen molar-refractivity contribution in [1.82, 2.24) is 10.6 Å². The number of carboxylic acid groups (broad SMARTS) is 1. The quantitative estimate of drug-likeness (QED) is 0.718. The lowest BCUT2D eigenvalue weighted by atomic mass is 9.94. The fourth-order valence-corrected chi connectivity index (χ4v) is 2.12. The highest BCUT2D eigenvalue weighted by Crippen LogP contribution is 2.62. The number of rotatable bonds is 4. The summed E-state index contributed by atoms with van der Waals surface area (Å²) in [5, 5.41) is 14.5. The van der Waals surface area contributed by atoms with Gasteiger partial charge in [0.2, 0.25) is 0 Å². The summed E-state index contributed by atoms with van der Waals surface area (Å²) in [6.45, 7) is 11.7. The highest BCUT2D eigenvalue weighted by atomic mass is 16.4. The number of aliphatic carboxylic acids is 1. The molecule has 0 radical (unpaired) electrons. The molecule has 0 bridgehead atoms. The van der Waals surface area contributed by atoms with E-state index in [1.165, 1.54) is 0 Å². The van der Waals surface area contributed by atoms with Crippen molar-refractivity contribution in [2.75, 3.05) is 6.54 Å². The topological polar surface area (TPSA) is 78.4 Å². The Morgan fingerprint density at radius 2 is 1.61 bits per heavy atom. The summed E-state index contributed by atoms with van der Waals surface area (Å²) in [5.74, 6) is -0.921. The fourth-order valence-electron chi connectivity index (χ4n) is 2.12. The molecule has 3 N–H and O–H groups in total. The number of carbonyl (C=O) groups excluding carboxylic acids is 1. The predicted molar refractivity (Wildman–Crippen MR) is 69.3 cm³/mol. The van der Waals surface area contributed by atoms with E-state index in [0.717, 1.165) is 0 Å². The zero-order valence-corrected chi connectivity index (χ0v) is 12.0. The highest BCUT2D eigenvalue weighted by Gasteiger charge is 2.65. The lowest BCUT2D eigenvalue weighted by Crippen LogP contribution is -2.45. The minimum atomic E-state index is -0.952. The van der Waals surface area contributed by atoms with Gasteiger partial charge in [-0.2, -0.15) is 0 Å². The molecule has 2 amide bonds. The number of nitrogens with one attached hydrogen (secondary N) is 2. The average molecular weight is 256 g/mol. The number of hydrogen-bond acceptors (Lipinski definition) is 2. The zero-order valence-electron chi connectivity index (χ0n) is 12.0. The van der Waals surface area contributed by atoms with Crippen LogP contribution in [0.5, 0.6) is 0 Å². The van der Waals surface area contributed by atoms with Crippen LogP contribution in [0.2, 0.25) is 0 Å². The molecule has 1 saturated carbocycles. The molecule has 0 aromatic heterocycles. The molecule has 0 aromatic carbocycles. The van der Waals surface area contributed by atoms with Crippen LogP contribution in [-0.4, -0.2) is 29.7 Å². The lowest BCUT2D eigenvalue weighted by Gasteiger charge is -2.20. The Morgan fingerprint density at radius 1 is 1.17 bits per heavy atom. The van der Waals surface area contributed by atoms with Gasteiger partial charge in [0.15, 0.2) is 0 Å². The third-order valence-electron chi connectivity index (χ3n) is 4.57. The molecular formula is C13H24N2O3. The first-order valence-electron chi connectivity index (χ1n) is 6.20. The van der Waals surface area contributed by atoms with Gasteiger partial charge < -0.3 is 15.7 Å². The number of hydrogen-bond donors (Lipinski definition) is 3. The maximum atomic E-state index is 11.7. The van der Waals surface area contributed by atoms with Crippen molar-refractivity contribution in [1.29, 1.82) is 0 Å². The largest absolute Gasteiger partial charge is 0.481 e. The Balaban J connectivity index is 2.44. The van der Waals surface area contributed by atoms with Crippen LogP contribution in [0, 0.1) is 16.2 Å². The first kappa shape index (κ1) is 14.8. The van der Waals surface area contributed by atoms with Gasteiger partial charge in [0, 0.05) is 12.6 Å². The molecule has 5 nitrogen and oxygen atoms in total. The maximum Gasteiger partial charge on any atom is 0.315 e. The smallest absolute Gasteiger partial charge is 0.315 e. The van der Waals surface area contributed by atoms with Gasteiger partial charge in [0.05, 0.1) is 5.41 Å². The Hall–Kier alpha value is -1.26. The van der Waals surface area contributed by atoms with Gasteiger partial charge in [-0.1, -0.05) is 27.7 Å². The molecule has 0 atom stereocenters. The first-order valence-corrected chi connectivity index (χ1v) is 6.20. The number of urea groups is 1. The van der Waals surface area contributed by atoms with Crippen LogP contribution in [-0.2, 0) is 4.79 Å². The molecule has 0 unspecified atom stereocenters. The van der Waals surface area contributed by atoms with E-state index in [2.05, 4.69) is 38.3 Å². The van der Waals surface area contributed by atoms with Crippen molar-refractivity contribution in [3.8, 4) is 0 Å². The monoisotopic (exact) mass is 256 g/mol. The average Bonchev–Trinajstić information content (AvgIpc) is 2.58. The third kappa shape index (κ3) is 2.44. The van der Waals surface area contributed by atoms with Crippen molar-refractivity contribution in [3.05, 3.63) is 0 Å². The van der Waals surface area contributed by atoms with E-state index >= 15 is 0 Å². The standard InChI is InChI=1S/C13H24N2O3/c1-11(2,9(16)17)7-14-10(18)15-8-12(3,4)13(8,5)6/h8H,7H2,1-6H3,(H,16,17)(H2,14,15,18). The van der Waals surface area contributed by atoms with Crippen molar-refractivity contribution < 1.29 is 14.7 Å². The Morgan fingerprint density at radius 3 is 1.94 bits per heavy atom. The lowest BCUT2D eigenvalue weighted by molar-refractivity contribution is -0.146. The zero-order chi connectivity index (χ0) is 14.4. The fraction of sp³-hybridized carbons (Fsp3) is 0.846. The van der Waals surface area contributed by atoms with Crippen LogP contribution in [0.4, 0.5) is 4.79 Å². The van der Waals surface area contributed by atoms with Gasteiger partial charge in [-0.3, -0.25) is 4.79 Å². The van der Waals surface area contributed by atoms with E-state index in [0.29, 0.717) is 0 Å². The molecule has 0 saturated heterocycles. The van der Waals surface area contributed by atoms with E-state index in [4.69, 9.17) is 5.11 Å². The van der Waals surface area contributed by atoms with Crippen molar-refractivity contribution >= 4 is 12.0 Å². The van der Waals surface area contributed by atoms with E-state index in [9.17, 15) is 9.59 Å². The molecular weight excluding hydrogens is 232 g/mol. The van der Waals surface area contributed by atoms with Crippen LogP contribution in [0.15, 0.2) is 0 Å². The second kappa shape index (κ2) is 4.14. The SMILES string of the molecule is CC(C)(CNC(=O)NC1C(C)(C)C1(C)C)C(=O)O. The molecule has 104 valence electrons. The summed E-state index contributed by atoms with van der Waals surface area (Å²) in [6, 6.07) is -0.175. The minimum absolute atomic E-state index is 0.0760. The highest BCUT2D eigenvalue weighted by molar-refractivity contribution is 5.78. The van der Waals surface area contributed by atoms with Gasteiger partial charge >= 0.3 is 12.0 Å². The summed E-state index contributed by atoms with van der Waals surface area (Å²) >= 11 is 0. The van der Waals surface area contributed by atoms with E-state index in [-0.39, 0.29) is 29.4 Å². The van der Waals surface area contributed by atoms with Gasteiger partial charge in [-0.25, -0.2) is 4.79 Å². The van der Waals surface area contributed by atoms with Crippen LogP contribution >= 0.6 is 0 Å². The second-order valence-electron chi connectivity index (χ2n) is 6.89. The summed E-state index contributed by atoms with van der Waals surface area (Å²) in [5.41, 5.74) is -0.800. The normalized spacial score (nSPS) is 21.2. The first-order chi connectivity index (χ1) is 7.93. The van der Waals surface area contributed by atoms with E-state index < -0.39 is 11.4 Å². The number of amides is 2. The van der Waals surface area contributed by atoms with Crippen molar-refractivity contribution in [2.45, 2.75) is 47.6 Å². The Kier molecular flexibility index (Phi) is 3.40. The maximum absolute atomic E-state index is 11.7. The van der Waals surface area contributed by atoms with Crippen LogP contribution in [0.1, 0.15) is 41.5 Å². The second-order valence-corrected chi connectivity index (χ2v) is 6.89. The molecule has 18 heavy (non-hydrogen) atoms. The molecule has 1 aliphatic carbocycles. The molecule has 1 fully saturated rings. The van der Waals surface area contributed by atoms with Gasteiger partial charge in [-0.15, -0.1) is 0 Å². The molecule has 0 heterocycles. The van der Waals surface area contributed by atoms with Gasteiger partial charge in [-0.05, 0) is 24.7 Å². The number of carbonyl (C=O) groups is 2. The summed E-state index contributed by atoms with van der Waals surface area (Å²) in [6.07, 6.45) is 0. The van der Waals surface area contributed by atoms with Crippen molar-refractivity contribution in [2.24, 2.45) is 16.2 Å². The Labute approximate surface area is 108 Å². The summed E-state index contributed by atoms with van der Waals surface area (Å²) in [7, 11) is 0. The molecule has 0 aliphatic heterocycles. The Bertz CT molecular complexity index is 358.